The van der Waals surface area contributed by atoms with Gasteiger partial charge in [-0.1, -0.05) is 19.1 Å². The summed E-state index contributed by atoms with van der Waals surface area (Å²) < 4.78 is 0. The van der Waals surface area contributed by atoms with Crippen molar-refractivity contribution < 1.29 is 9.72 Å². The fraction of sp³-hybridized carbons (Fsp3) is 0.222. The monoisotopic (exact) mass is 179 g/mol. The molecular weight excluding hydrogens is 170 g/mol. The molecule has 1 aromatic carbocycles. The molecule has 0 atom stereocenters. The minimum absolute atomic E-state index is 0.116. The van der Waals surface area contributed by atoms with Crippen LogP contribution in [0, 0.1) is 10.1 Å². The summed E-state index contributed by atoms with van der Waals surface area (Å²) in [6, 6.07) is 5.98. The maximum Gasteiger partial charge on any atom is 0.280 e. The first-order valence-electron chi connectivity index (χ1n) is 3.93. The molecule has 0 bridgehead atoms. The molecule has 0 heterocycles. The molecule has 0 aliphatic rings. The normalized spacial score (nSPS) is 9.62. The van der Waals surface area contributed by atoms with Crippen LogP contribution >= 0.6 is 0 Å². The number of carbonyl (C=O) groups is 1. The Balaban J connectivity index is 3.19. The second-order valence-corrected chi connectivity index (χ2v) is 2.55. The average molecular weight is 179 g/mol. The van der Waals surface area contributed by atoms with Crippen molar-refractivity contribution in [1.82, 2.24) is 0 Å². The van der Waals surface area contributed by atoms with Crippen LogP contribution in [0.3, 0.4) is 0 Å². The number of nitro groups is 1. The van der Waals surface area contributed by atoms with E-state index >= 15 is 0 Å². The predicted molar refractivity (Wildman–Crippen MR) is 47.7 cm³/mol. The molecule has 0 saturated carbocycles. The van der Waals surface area contributed by atoms with Gasteiger partial charge in [0.2, 0.25) is 0 Å². The van der Waals surface area contributed by atoms with E-state index in [1.54, 1.807) is 19.1 Å². The lowest BCUT2D eigenvalue weighted by Gasteiger charge is -1.98. The van der Waals surface area contributed by atoms with Gasteiger partial charge in [-0.2, -0.15) is 0 Å². The molecule has 4 heteroatoms. The Hall–Kier alpha value is -1.71. The molecule has 0 N–H and O–H groups in total. The summed E-state index contributed by atoms with van der Waals surface area (Å²) in [6.45, 7) is 1.68. The van der Waals surface area contributed by atoms with E-state index in [1.807, 2.05) is 0 Å². The summed E-state index contributed by atoms with van der Waals surface area (Å²) in [5.74, 6) is -0.202. The van der Waals surface area contributed by atoms with Crippen molar-refractivity contribution >= 4 is 11.5 Å². The number of hydrogen-bond acceptors (Lipinski definition) is 3. The van der Waals surface area contributed by atoms with Crippen molar-refractivity contribution in [3.05, 3.63) is 39.9 Å². The number of nitrogens with zero attached hydrogens (tertiary/aromatic N) is 1. The van der Waals surface area contributed by atoms with Crippen molar-refractivity contribution in [1.29, 1.82) is 0 Å². The highest BCUT2D eigenvalue weighted by Crippen LogP contribution is 2.18. The van der Waals surface area contributed by atoms with Crippen LogP contribution in [0.15, 0.2) is 24.3 Å². The molecule has 4 nitrogen and oxygen atoms in total. The Morgan fingerprint density at radius 3 is 2.62 bits per heavy atom. The summed E-state index contributed by atoms with van der Waals surface area (Å²) in [5, 5.41) is 10.5. The highest BCUT2D eigenvalue weighted by atomic mass is 16.6. The van der Waals surface area contributed by atoms with Gasteiger partial charge in [-0.25, -0.2) is 0 Å². The minimum Gasteiger partial charge on any atom is -0.294 e. The van der Waals surface area contributed by atoms with E-state index in [9.17, 15) is 14.9 Å². The van der Waals surface area contributed by atoms with Crippen LogP contribution in [0.25, 0.3) is 0 Å². The zero-order chi connectivity index (χ0) is 9.84. The van der Waals surface area contributed by atoms with Crippen LogP contribution < -0.4 is 0 Å². The maximum absolute atomic E-state index is 11.2. The van der Waals surface area contributed by atoms with Crippen molar-refractivity contribution in [3.8, 4) is 0 Å². The van der Waals surface area contributed by atoms with Crippen LogP contribution in [0.1, 0.15) is 23.7 Å². The van der Waals surface area contributed by atoms with Crippen LogP contribution in [-0.4, -0.2) is 10.7 Å². The van der Waals surface area contributed by atoms with E-state index in [4.69, 9.17) is 0 Å². The summed E-state index contributed by atoms with van der Waals surface area (Å²) in [7, 11) is 0. The summed E-state index contributed by atoms with van der Waals surface area (Å²) in [4.78, 5) is 21.2. The van der Waals surface area contributed by atoms with Crippen molar-refractivity contribution in [2.75, 3.05) is 0 Å². The van der Waals surface area contributed by atoms with E-state index in [0.29, 0.717) is 0 Å². The molecule has 1 aromatic rings. The highest BCUT2D eigenvalue weighted by Gasteiger charge is 2.16. The number of Topliss-reactive ketones (excluding diaryl/α,β-unsaturated/α-hetero) is 1. The van der Waals surface area contributed by atoms with Gasteiger partial charge in [-0.05, 0) is 6.07 Å². The molecule has 0 amide bonds. The molecule has 0 fully saturated rings. The number of hydrogen-bond donors (Lipinski definition) is 0. The topological polar surface area (TPSA) is 60.2 Å². The van der Waals surface area contributed by atoms with Gasteiger partial charge in [0.25, 0.3) is 5.69 Å². The summed E-state index contributed by atoms with van der Waals surface area (Å²) in [6.07, 6.45) is 0.283. The van der Waals surface area contributed by atoms with Crippen LogP contribution in [-0.2, 0) is 0 Å². The van der Waals surface area contributed by atoms with Gasteiger partial charge >= 0.3 is 0 Å². The van der Waals surface area contributed by atoms with E-state index < -0.39 is 4.92 Å². The lowest BCUT2D eigenvalue weighted by atomic mass is 10.1. The number of ketones is 1. The van der Waals surface area contributed by atoms with E-state index in [1.165, 1.54) is 12.1 Å². The number of rotatable bonds is 3. The number of carbonyl (C=O) groups excluding carboxylic acids is 1. The third kappa shape index (κ3) is 1.90. The van der Waals surface area contributed by atoms with Crippen molar-refractivity contribution in [2.45, 2.75) is 13.3 Å². The standard InChI is InChI=1S/C9H9NO3/c1-2-9(11)7-5-3-4-6-8(7)10(12)13/h3-6H,2H2,1H3. The molecule has 0 aliphatic heterocycles. The van der Waals surface area contributed by atoms with Gasteiger partial charge in [-0.15, -0.1) is 0 Å². The third-order valence-electron chi connectivity index (χ3n) is 1.72. The quantitative estimate of drug-likeness (QED) is 0.406. The summed E-state index contributed by atoms with van der Waals surface area (Å²) in [5.41, 5.74) is 0.0735. The Kier molecular flexibility index (Phi) is 2.74. The number of para-hydroxylation sites is 1. The van der Waals surface area contributed by atoms with E-state index in [0.717, 1.165) is 0 Å². The molecule has 13 heavy (non-hydrogen) atoms. The second-order valence-electron chi connectivity index (χ2n) is 2.55. The van der Waals surface area contributed by atoms with Gasteiger partial charge in [0.1, 0.15) is 0 Å². The molecule has 0 saturated heterocycles. The Morgan fingerprint density at radius 2 is 2.08 bits per heavy atom. The first-order valence-corrected chi connectivity index (χ1v) is 3.93. The molecule has 0 radical (unpaired) electrons. The molecule has 1 rings (SSSR count). The van der Waals surface area contributed by atoms with Crippen LogP contribution in [0.5, 0.6) is 0 Å². The van der Waals surface area contributed by atoms with Gasteiger partial charge in [0.05, 0.1) is 10.5 Å². The van der Waals surface area contributed by atoms with E-state index in [-0.39, 0.29) is 23.5 Å². The Bertz CT molecular complexity index is 346. The molecule has 0 spiro atoms. The largest absolute Gasteiger partial charge is 0.294 e. The molecule has 68 valence electrons. The van der Waals surface area contributed by atoms with Gasteiger partial charge in [-0.3, -0.25) is 14.9 Å². The third-order valence-corrected chi connectivity index (χ3v) is 1.72. The highest BCUT2D eigenvalue weighted by molar-refractivity contribution is 5.99. The first-order chi connectivity index (χ1) is 6.16. The van der Waals surface area contributed by atoms with Gasteiger partial charge in [0, 0.05) is 12.5 Å². The smallest absolute Gasteiger partial charge is 0.280 e. The zero-order valence-electron chi connectivity index (χ0n) is 7.19. The lowest BCUT2D eigenvalue weighted by Crippen LogP contribution is -2.01. The average Bonchev–Trinajstić information content (AvgIpc) is 2.16. The zero-order valence-corrected chi connectivity index (χ0v) is 7.19. The predicted octanol–water partition coefficient (Wildman–Crippen LogP) is 2.19. The Labute approximate surface area is 75.3 Å². The maximum atomic E-state index is 11.2. The fourth-order valence-electron chi connectivity index (χ4n) is 1.06. The minimum atomic E-state index is -0.539. The fourth-order valence-corrected chi connectivity index (χ4v) is 1.06. The van der Waals surface area contributed by atoms with Crippen molar-refractivity contribution in [3.63, 3.8) is 0 Å². The second kappa shape index (κ2) is 3.80. The van der Waals surface area contributed by atoms with Gasteiger partial charge < -0.3 is 0 Å². The van der Waals surface area contributed by atoms with Crippen LogP contribution in [0.4, 0.5) is 5.69 Å². The summed E-state index contributed by atoms with van der Waals surface area (Å²) >= 11 is 0. The Morgan fingerprint density at radius 1 is 1.46 bits per heavy atom. The first kappa shape index (κ1) is 9.38. The SMILES string of the molecule is CCC(=O)c1ccccc1[N+](=O)[O-]. The number of benzene rings is 1. The lowest BCUT2D eigenvalue weighted by molar-refractivity contribution is -0.385. The van der Waals surface area contributed by atoms with Crippen molar-refractivity contribution in [2.24, 2.45) is 0 Å². The molecule has 0 aliphatic carbocycles. The van der Waals surface area contributed by atoms with Crippen LogP contribution in [0.2, 0.25) is 0 Å². The van der Waals surface area contributed by atoms with Gasteiger partial charge in [0.15, 0.2) is 5.78 Å². The molecule has 0 unspecified atom stereocenters. The van der Waals surface area contributed by atoms with E-state index in [2.05, 4.69) is 0 Å². The number of nitro benzene ring substituents is 1. The molecule has 0 aromatic heterocycles. The molecular formula is C9H9NO3.